The molecule has 0 aromatic carbocycles. The minimum Gasteiger partial charge on any atom is -0.347 e. The highest BCUT2D eigenvalue weighted by atomic mass is 32.1. The van der Waals surface area contributed by atoms with Crippen molar-refractivity contribution in [1.82, 2.24) is 20.4 Å². The van der Waals surface area contributed by atoms with E-state index in [9.17, 15) is 4.79 Å². The van der Waals surface area contributed by atoms with Gasteiger partial charge in [-0.05, 0) is 30.3 Å². The summed E-state index contributed by atoms with van der Waals surface area (Å²) in [5, 5.41) is 12.7. The Labute approximate surface area is 134 Å². The zero-order chi connectivity index (χ0) is 15.5. The molecule has 1 aliphatic heterocycles. The zero-order valence-corrected chi connectivity index (χ0v) is 13.8. The van der Waals surface area contributed by atoms with Crippen LogP contribution in [0.1, 0.15) is 29.9 Å². The maximum absolute atomic E-state index is 12.5. The lowest BCUT2D eigenvalue weighted by Gasteiger charge is -2.11. The van der Waals surface area contributed by atoms with Crippen molar-refractivity contribution in [3.63, 3.8) is 0 Å². The van der Waals surface area contributed by atoms with Crippen LogP contribution in [0.4, 0.5) is 0 Å². The minimum atomic E-state index is 0.0234. The van der Waals surface area contributed by atoms with Gasteiger partial charge >= 0.3 is 0 Å². The topological polar surface area (TPSA) is 59.0 Å². The molecule has 1 atom stereocenters. The minimum absolute atomic E-state index is 0.0234. The SMILES string of the molecule is CC(C)Cn1cc(-c2ccsc2C(=O)NC2CCNC2)cn1. The highest BCUT2D eigenvalue weighted by Gasteiger charge is 2.21. The first-order valence-corrected chi connectivity index (χ1v) is 8.63. The summed E-state index contributed by atoms with van der Waals surface area (Å²) in [7, 11) is 0. The number of hydrogen-bond donors (Lipinski definition) is 2. The van der Waals surface area contributed by atoms with Crippen molar-refractivity contribution in [3.8, 4) is 11.1 Å². The van der Waals surface area contributed by atoms with Crippen LogP contribution in [0.25, 0.3) is 11.1 Å². The highest BCUT2D eigenvalue weighted by molar-refractivity contribution is 7.12. The summed E-state index contributed by atoms with van der Waals surface area (Å²) in [6.07, 6.45) is 4.87. The van der Waals surface area contributed by atoms with Gasteiger partial charge in [-0.1, -0.05) is 13.8 Å². The molecule has 2 N–H and O–H groups in total. The fourth-order valence-corrected chi connectivity index (χ4v) is 3.54. The lowest BCUT2D eigenvalue weighted by Crippen LogP contribution is -2.35. The summed E-state index contributed by atoms with van der Waals surface area (Å²) in [4.78, 5) is 13.3. The lowest BCUT2D eigenvalue weighted by molar-refractivity contribution is 0.0945. The molecule has 1 saturated heterocycles. The van der Waals surface area contributed by atoms with E-state index >= 15 is 0 Å². The molecule has 3 heterocycles. The summed E-state index contributed by atoms with van der Waals surface area (Å²) < 4.78 is 1.94. The van der Waals surface area contributed by atoms with E-state index in [1.165, 1.54) is 11.3 Å². The molecular formula is C16H22N4OS. The molecule has 0 spiro atoms. The number of rotatable bonds is 5. The van der Waals surface area contributed by atoms with Crippen molar-refractivity contribution < 1.29 is 4.79 Å². The third kappa shape index (κ3) is 3.39. The number of nitrogens with one attached hydrogen (secondary N) is 2. The molecule has 2 aromatic rings. The fourth-order valence-electron chi connectivity index (χ4n) is 2.72. The molecule has 0 saturated carbocycles. The van der Waals surface area contributed by atoms with Crippen LogP contribution < -0.4 is 10.6 Å². The van der Waals surface area contributed by atoms with Crippen molar-refractivity contribution in [2.75, 3.05) is 13.1 Å². The van der Waals surface area contributed by atoms with E-state index < -0.39 is 0 Å². The number of aromatic nitrogens is 2. The Morgan fingerprint density at radius 2 is 2.45 bits per heavy atom. The highest BCUT2D eigenvalue weighted by Crippen LogP contribution is 2.28. The Bertz CT molecular complexity index is 640. The summed E-state index contributed by atoms with van der Waals surface area (Å²) in [6.45, 7) is 7.06. The van der Waals surface area contributed by atoms with Crippen molar-refractivity contribution in [1.29, 1.82) is 0 Å². The molecule has 6 heteroatoms. The van der Waals surface area contributed by atoms with Crippen LogP contribution in [-0.2, 0) is 6.54 Å². The molecule has 1 unspecified atom stereocenters. The Hall–Kier alpha value is -1.66. The fraction of sp³-hybridized carbons (Fsp3) is 0.500. The molecular weight excluding hydrogens is 296 g/mol. The van der Waals surface area contributed by atoms with E-state index in [4.69, 9.17) is 0 Å². The van der Waals surface area contributed by atoms with Crippen molar-refractivity contribution in [3.05, 3.63) is 28.7 Å². The molecule has 2 aromatic heterocycles. The summed E-state index contributed by atoms with van der Waals surface area (Å²) in [5.41, 5.74) is 1.99. The maximum Gasteiger partial charge on any atom is 0.262 e. The van der Waals surface area contributed by atoms with Crippen molar-refractivity contribution in [2.45, 2.75) is 32.9 Å². The Morgan fingerprint density at radius 3 is 3.18 bits per heavy atom. The first kappa shape index (κ1) is 15.2. The molecule has 3 rings (SSSR count). The quantitative estimate of drug-likeness (QED) is 0.890. The van der Waals surface area contributed by atoms with Gasteiger partial charge in [-0.3, -0.25) is 9.48 Å². The second-order valence-corrected chi connectivity index (χ2v) is 7.09. The van der Waals surface area contributed by atoms with Gasteiger partial charge in [0.05, 0.1) is 11.1 Å². The van der Waals surface area contributed by atoms with E-state index in [0.717, 1.165) is 42.1 Å². The van der Waals surface area contributed by atoms with Crippen molar-refractivity contribution in [2.24, 2.45) is 5.92 Å². The molecule has 1 fully saturated rings. The van der Waals surface area contributed by atoms with Crippen LogP contribution in [0.2, 0.25) is 0 Å². The van der Waals surface area contributed by atoms with Crippen LogP contribution in [0.5, 0.6) is 0 Å². The predicted octanol–water partition coefficient (Wildman–Crippen LogP) is 2.36. The van der Waals surface area contributed by atoms with Crippen LogP contribution in [-0.4, -0.2) is 34.8 Å². The average Bonchev–Trinajstić information content (AvgIpc) is 3.17. The largest absolute Gasteiger partial charge is 0.347 e. The molecule has 5 nitrogen and oxygen atoms in total. The van der Waals surface area contributed by atoms with Gasteiger partial charge in [-0.25, -0.2) is 0 Å². The van der Waals surface area contributed by atoms with Crippen LogP contribution in [0, 0.1) is 5.92 Å². The zero-order valence-electron chi connectivity index (χ0n) is 13.0. The lowest BCUT2D eigenvalue weighted by atomic mass is 10.1. The van der Waals surface area contributed by atoms with E-state index in [1.807, 2.05) is 28.5 Å². The van der Waals surface area contributed by atoms with Gasteiger partial charge in [0, 0.05) is 36.5 Å². The maximum atomic E-state index is 12.5. The standard InChI is InChI=1S/C16H22N4OS/c1-11(2)9-20-10-12(7-18-20)14-4-6-22-15(14)16(21)19-13-3-5-17-8-13/h4,6-7,10-11,13,17H,3,5,8-9H2,1-2H3,(H,19,21). The van der Waals surface area contributed by atoms with Crippen LogP contribution >= 0.6 is 11.3 Å². The van der Waals surface area contributed by atoms with Gasteiger partial charge in [-0.2, -0.15) is 5.10 Å². The van der Waals surface area contributed by atoms with Crippen LogP contribution in [0.3, 0.4) is 0 Å². The summed E-state index contributed by atoms with van der Waals surface area (Å²) in [5.74, 6) is 0.572. The number of carbonyl (C=O) groups is 1. The molecule has 0 bridgehead atoms. The normalized spacial score (nSPS) is 18.0. The smallest absolute Gasteiger partial charge is 0.262 e. The van der Waals surface area contributed by atoms with Gasteiger partial charge in [0.2, 0.25) is 0 Å². The molecule has 0 aliphatic carbocycles. The number of carbonyl (C=O) groups excluding carboxylic acids is 1. The molecule has 1 amide bonds. The number of hydrogen-bond acceptors (Lipinski definition) is 4. The Morgan fingerprint density at radius 1 is 1.59 bits per heavy atom. The van der Waals surface area contributed by atoms with E-state index in [-0.39, 0.29) is 11.9 Å². The Kier molecular flexibility index (Phi) is 4.59. The first-order chi connectivity index (χ1) is 10.6. The monoisotopic (exact) mass is 318 g/mol. The first-order valence-electron chi connectivity index (χ1n) is 7.75. The third-order valence-electron chi connectivity index (χ3n) is 3.76. The molecule has 22 heavy (non-hydrogen) atoms. The van der Waals surface area contributed by atoms with Crippen LogP contribution in [0.15, 0.2) is 23.8 Å². The second-order valence-electron chi connectivity index (χ2n) is 6.17. The van der Waals surface area contributed by atoms with Gasteiger partial charge in [0.15, 0.2) is 0 Å². The summed E-state index contributed by atoms with van der Waals surface area (Å²) in [6, 6.07) is 2.24. The van der Waals surface area contributed by atoms with Gasteiger partial charge in [0.1, 0.15) is 0 Å². The average molecular weight is 318 g/mol. The van der Waals surface area contributed by atoms with Gasteiger partial charge in [0.25, 0.3) is 5.91 Å². The predicted molar refractivity (Wildman–Crippen MR) is 89.1 cm³/mol. The molecule has 118 valence electrons. The van der Waals surface area contributed by atoms with E-state index in [1.54, 1.807) is 0 Å². The van der Waals surface area contributed by atoms with Gasteiger partial charge < -0.3 is 10.6 Å². The van der Waals surface area contributed by atoms with Gasteiger partial charge in [-0.15, -0.1) is 11.3 Å². The van der Waals surface area contributed by atoms with Crippen molar-refractivity contribution >= 4 is 17.2 Å². The number of nitrogens with zero attached hydrogens (tertiary/aromatic N) is 2. The third-order valence-corrected chi connectivity index (χ3v) is 4.68. The molecule has 0 radical (unpaired) electrons. The van der Waals surface area contributed by atoms with E-state index in [2.05, 4.69) is 29.6 Å². The number of amides is 1. The second kappa shape index (κ2) is 6.62. The van der Waals surface area contributed by atoms with E-state index in [0.29, 0.717) is 5.92 Å². The Balaban J connectivity index is 1.76. The molecule has 1 aliphatic rings. The number of thiophene rings is 1. The summed E-state index contributed by atoms with van der Waals surface area (Å²) >= 11 is 1.49.